The number of aryl methyl sites for hydroxylation is 1. The Morgan fingerprint density at radius 3 is 3.10 bits per heavy atom. The zero-order valence-electron chi connectivity index (χ0n) is 12.9. The van der Waals surface area contributed by atoms with Crippen molar-refractivity contribution in [3.05, 3.63) is 34.3 Å². The molecule has 0 radical (unpaired) electrons. The third kappa shape index (κ3) is 3.26. The minimum absolute atomic E-state index is 0.207. The van der Waals surface area contributed by atoms with Gasteiger partial charge in [-0.05, 0) is 50.0 Å². The summed E-state index contributed by atoms with van der Waals surface area (Å²) in [7, 11) is 0. The molecule has 1 N–H and O–H groups in total. The fourth-order valence-corrected chi connectivity index (χ4v) is 3.72. The largest absolute Gasteiger partial charge is 0.373 e. The summed E-state index contributed by atoms with van der Waals surface area (Å²) in [5, 5.41) is 4.42. The number of likely N-dealkylation sites (N-methyl/N-ethyl adjacent to an activating group) is 1. The fourth-order valence-electron chi connectivity index (χ4n) is 3.53. The monoisotopic (exact) mass is 308 g/mol. The average molecular weight is 309 g/mol. The Morgan fingerprint density at radius 1 is 1.48 bits per heavy atom. The quantitative estimate of drug-likeness (QED) is 0.924. The molecule has 0 bridgehead atoms. The zero-order valence-corrected chi connectivity index (χ0v) is 13.7. The van der Waals surface area contributed by atoms with Gasteiger partial charge in [0.2, 0.25) is 0 Å². The van der Waals surface area contributed by atoms with E-state index in [1.54, 1.807) is 0 Å². The van der Waals surface area contributed by atoms with Crippen LogP contribution in [0.2, 0.25) is 5.02 Å². The third-order valence-electron chi connectivity index (χ3n) is 4.77. The predicted octanol–water partition coefficient (Wildman–Crippen LogP) is 3.16. The van der Waals surface area contributed by atoms with E-state index < -0.39 is 0 Å². The number of rotatable bonds is 4. The van der Waals surface area contributed by atoms with Crippen molar-refractivity contribution < 1.29 is 4.74 Å². The summed E-state index contributed by atoms with van der Waals surface area (Å²) in [4.78, 5) is 2.59. The van der Waals surface area contributed by atoms with Gasteiger partial charge in [0.15, 0.2) is 0 Å². The van der Waals surface area contributed by atoms with Crippen molar-refractivity contribution in [2.45, 2.75) is 44.9 Å². The van der Waals surface area contributed by atoms with Gasteiger partial charge in [-0.3, -0.25) is 4.90 Å². The Morgan fingerprint density at radius 2 is 2.33 bits per heavy atom. The molecule has 2 fully saturated rings. The SMILES string of the molecule is CCNC(c1ccc(C)c(Cl)c1)C1CN2CCCC2CO1. The Kier molecular flexibility index (Phi) is 4.85. The van der Waals surface area contributed by atoms with Crippen LogP contribution in [0.25, 0.3) is 0 Å². The van der Waals surface area contributed by atoms with Crippen molar-refractivity contribution in [2.75, 3.05) is 26.2 Å². The summed E-state index contributed by atoms with van der Waals surface area (Å²) < 4.78 is 6.18. The van der Waals surface area contributed by atoms with E-state index in [0.29, 0.717) is 6.04 Å². The lowest BCUT2D eigenvalue weighted by molar-refractivity contribution is -0.0650. The minimum atomic E-state index is 0.207. The highest BCUT2D eigenvalue weighted by Gasteiger charge is 2.36. The van der Waals surface area contributed by atoms with Crippen molar-refractivity contribution in [3.8, 4) is 0 Å². The van der Waals surface area contributed by atoms with E-state index in [1.165, 1.54) is 24.9 Å². The third-order valence-corrected chi connectivity index (χ3v) is 5.17. The average Bonchev–Trinajstić information content (AvgIpc) is 2.95. The highest BCUT2D eigenvalue weighted by molar-refractivity contribution is 6.31. The summed E-state index contributed by atoms with van der Waals surface area (Å²) in [6, 6.07) is 7.22. The van der Waals surface area contributed by atoms with E-state index >= 15 is 0 Å². The van der Waals surface area contributed by atoms with E-state index in [2.05, 4.69) is 35.3 Å². The summed E-state index contributed by atoms with van der Waals surface area (Å²) in [6.45, 7) is 8.22. The molecule has 4 heteroatoms. The summed E-state index contributed by atoms with van der Waals surface area (Å²) >= 11 is 6.31. The van der Waals surface area contributed by atoms with Crippen LogP contribution in [0.4, 0.5) is 0 Å². The van der Waals surface area contributed by atoms with Crippen molar-refractivity contribution in [2.24, 2.45) is 0 Å². The molecule has 1 aromatic rings. The Labute approximate surface area is 132 Å². The number of fused-ring (bicyclic) bond motifs is 1. The molecule has 21 heavy (non-hydrogen) atoms. The zero-order chi connectivity index (χ0) is 14.8. The van der Waals surface area contributed by atoms with Crippen LogP contribution in [0.3, 0.4) is 0 Å². The summed E-state index contributed by atoms with van der Waals surface area (Å²) in [5.41, 5.74) is 2.36. The lowest BCUT2D eigenvalue weighted by atomic mass is 9.98. The molecule has 3 nitrogen and oxygen atoms in total. The predicted molar refractivity (Wildman–Crippen MR) is 86.9 cm³/mol. The first-order valence-corrected chi connectivity index (χ1v) is 8.42. The molecule has 3 rings (SSSR count). The number of morpholine rings is 1. The number of nitrogens with one attached hydrogen (secondary N) is 1. The normalized spacial score (nSPS) is 27.6. The second kappa shape index (κ2) is 6.66. The number of halogens is 1. The number of hydrogen-bond donors (Lipinski definition) is 1. The molecule has 3 atom stereocenters. The minimum Gasteiger partial charge on any atom is -0.373 e. The lowest BCUT2D eigenvalue weighted by Gasteiger charge is -2.39. The van der Waals surface area contributed by atoms with Gasteiger partial charge in [-0.2, -0.15) is 0 Å². The number of ether oxygens (including phenoxy) is 1. The maximum atomic E-state index is 6.31. The van der Waals surface area contributed by atoms with Crippen LogP contribution in [0.5, 0.6) is 0 Å². The first-order chi connectivity index (χ1) is 10.2. The maximum Gasteiger partial charge on any atom is 0.0897 e. The molecule has 0 spiro atoms. The topological polar surface area (TPSA) is 24.5 Å². The molecule has 2 saturated heterocycles. The van der Waals surface area contributed by atoms with E-state index in [9.17, 15) is 0 Å². The van der Waals surface area contributed by atoms with E-state index in [1.807, 2.05) is 6.92 Å². The summed E-state index contributed by atoms with van der Waals surface area (Å²) in [6.07, 6.45) is 2.80. The van der Waals surface area contributed by atoms with Crippen LogP contribution in [0, 0.1) is 6.92 Å². The molecule has 1 aromatic carbocycles. The van der Waals surface area contributed by atoms with Crippen LogP contribution in [-0.2, 0) is 4.74 Å². The van der Waals surface area contributed by atoms with Gasteiger partial charge in [0.1, 0.15) is 0 Å². The highest BCUT2D eigenvalue weighted by atomic mass is 35.5. The highest BCUT2D eigenvalue weighted by Crippen LogP contribution is 2.30. The number of hydrogen-bond acceptors (Lipinski definition) is 3. The van der Waals surface area contributed by atoms with E-state index in [-0.39, 0.29) is 12.1 Å². The van der Waals surface area contributed by atoms with Crippen LogP contribution in [0.1, 0.15) is 36.9 Å². The van der Waals surface area contributed by atoms with Gasteiger partial charge in [-0.25, -0.2) is 0 Å². The maximum absolute atomic E-state index is 6.31. The molecule has 2 heterocycles. The Hall–Kier alpha value is -0.610. The molecule has 3 unspecified atom stereocenters. The van der Waals surface area contributed by atoms with Crippen LogP contribution < -0.4 is 5.32 Å². The van der Waals surface area contributed by atoms with Crippen molar-refractivity contribution in [1.82, 2.24) is 10.2 Å². The molecule has 0 aliphatic carbocycles. The van der Waals surface area contributed by atoms with Gasteiger partial charge in [-0.1, -0.05) is 30.7 Å². The summed E-state index contributed by atoms with van der Waals surface area (Å²) in [5.74, 6) is 0. The molecule has 0 saturated carbocycles. The molecule has 2 aliphatic rings. The smallest absolute Gasteiger partial charge is 0.0897 e. The van der Waals surface area contributed by atoms with Crippen LogP contribution in [-0.4, -0.2) is 43.3 Å². The molecular formula is C17H25ClN2O. The van der Waals surface area contributed by atoms with Gasteiger partial charge in [0.25, 0.3) is 0 Å². The molecule has 116 valence electrons. The van der Waals surface area contributed by atoms with Crippen molar-refractivity contribution in [1.29, 1.82) is 0 Å². The van der Waals surface area contributed by atoms with E-state index in [0.717, 1.165) is 30.3 Å². The molecular weight excluding hydrogens is 284 g/mol. The van der Waals surface area contributed by atoms with Gasteiger partial charge in [-0.15, -0.1) is 0 Å². The van der Waals surface area contributed by atoms with Gasteiger partial charge >= 0.3 is 0 Å². The Bertz CT molecular complexity index is 494. The van der Waals surface area contributed by atoms with Gasteiger partial charge in [0.05, 0.1) is 18.8 Å². The number of nitrogens with zero attached hydrogens (tertiary/aromatic N) is 1. The van der Waals surface area contributed by atoms with E-state index in [4.69, 9.17) is 16.3 Å². The lowest BCUT2D eigenvalue weighted by Crippen LogP contribution is -2.50. The number of benzene rings is 1. The molecule has 2 aliphatic heterocycles. The van der Waals surface area contributed by atoms with Crippen LogP contribution >= 0.6 is 11.6 Å². The molecule has 0 amide bonds. The second-order valence-corrected chi connectivity index (χ2v) is 6.61. The molecule has 0 aromatic heterocycles. The fraction of sp³-hybridized carbons (Fsp3) is 0.647. The van der Waals surface area contributed by atoms with Crippen LogP contribution in [0.15, 0.2) is 18.2 Å². The second-order valence-electron chi connectivity index (χ2n) is 6.21. The van der Waals surface area contributed by atoms with Gasteiger partial charge in [0, 0.05) is 17.6 Å². The van der Waals surface area contributed by atoms with Crippen molar-refractivity contribution in [3.63, 3.8) is 0 Å². The standard InChI is InChI=1S/C17H25ClN2O/c1-3-19-17(13-7-6-12(2)15(18)9-13)16-10-20-8-4-5-14(20)11-21-16/h6-7,9,14,16-17,19H,3-5,8,10-11H2,1-2H3. The van der Waals surface area contributed by atoms with Crippen molar-refractivity contribution >= 4 is 11.6 Å². The first kappa shape index (κ1) is 15.3. The van der Waals surface area contributed by atoms with Gasteiger partial charge < -0.3 is 10.1 Å². The Balaban J connectivity index is 1.78. The first-order valence-electron chi connectivity index (χ1n) is 8.04.